The van der Waals surface area contributed by atoms with E-state index in [1.807, 2.05) is 13.8 Å². The zero-order valence-corrected chi connectivity index (χ0v) is 24.1. The molecule has 0 spiro atoms. The van der Waals surface area contributed by atoms with E-state index < -0.39 is 17.6 Å². The predicted molar refractivity (Wildman–Crippen MR) is 140 cm³/mol. The third kappa shape index (κ3) is 6.46. The molecule has 3 rings (SSSR count). The first kappa shape index (κ1) is 29.4. The van der Waals surface area contributed by atoms with Gasteiger partial charge in [-0.2, -0.15) is 0 Å². The summed E-state index contributed by atoms with van der Waals surface area (Å²) in [6, 6.07) is 0. The standard InChI is InChI=1S/C30H52O6/c1-9-33-30(34-10-2)17-24(28(31)35-25-15-20(7)11-13-22(25)18(3)4)27(30)29(32)36-26-16-21(8)12-14-23(26)19(5)6/h18-27H,9-17H2,1-8H3/t20?,21?,22?,23?,24-,25?,26?,27-/m0/s1. The highest BCUT2D eigenvalue weighted by atomic mass is 16.7. The van der Waals surface area contributed by atoms with Crippen LogP contribution in [0.3, 0.4) is 0 Å². The van der Waals surface area contributed by atoms with Crippen LogP contribution in [0.15, 0.2) is 0 Å². The maximum Gasteiger partial charge on any atom is 0.315 e. The fourth-order valence-electron chi connectivity index (χ4n) is 7.05. The minimum absolute atomic E-state index is 0.100. The van der Waals surface area contributed by atoms with Gasteiger partial charge in [-0.1, -0.05) is 54.4 Å². The second-order valence-electron chi connectivity index (χ2n) is 12.6. The Morgan fingerprint density at radius 1 is 0.750 bits per heavy atom. The molecular formula is C30H52O6. The van der Waals surface area contributed by atoms with Crippen LogP contribution in [0.5, 0.6) is 0 Å². The molecule has 6 nitrogen and oxygen atoms in total. The van der Waals surface area contributed by atoms with Crippen LogP contribution in [0.25, 0.3) is 0 Å². The van der Waals surface area contributed by atoms with Gasteiger partial charge in [0.05, 0.1) is 5.92 Å². The van der Waals surface area contributed by atoms with Gasteiger partial charge in [0.2, 0.25) is 0 Å². The van der Waals surface area contributed by atoms with Gasteiger partial charge < -0.3 is 18.9 Å². The highest BCUT2D eigenvalue weighted by molar-refractivity contribution is 5.85. The summed E-state index contributed by atoms with van der Waals surface area (Å²) in [5.74, 6) is -0.554. The smallest absolute Gasteiger partial charge is 0.315 e. The van der Waals surface area contributed by atoms with E-state index in [0.29, 0.717) is 55.1 Å². The molecule has 0 aromatic carbocycles. The summed E-state index contributed by atoms with van der Waals surface area (Å²) in [6.07, 6.45) is 6.31. The SMILES string of the molecule is CCOC1(OCC)C[C@H](C(=O)OC2CC(C)CCC2C(C)C)[C@H]1C(=O)OC1CC(C)CCC1C(C)C. The van der Waals surface area contributed by atoms with E-state index in [1.54, 1.807) is 0 Å². The van der Waals surface area contributed by atoms with Gasteiger partial charge in [-0.25, -0.2) is 0 Å². The number of hydrogen-bond donors (Lipinski definition) is 0. The van der Waals surface area contributed by atoms with Gasteiger partial charge in [0.15, 0.2) is 5.79 Å². The summed E-state index contributed by atoms with van der Waals surface area (Å²) < 4.78 is 24.5. The summed E-state index contributed by atoms with van der Waals surface area (Å²) in [6.45, 7) is 17.8. The van der Waals surface area contributed by atoms with Crippen LogP contribution >= 0.6 is 0 Å². The molecule has 6 heteroatoms. The molecule has 8 atom stereocenters. The van der Waals surface area contributed by atoms with Crippen LogP contribution in [0.4, 0.5) is 0 Å². The van der Waals surface area contributed by atoms with Crippen molar-refractivity contribution in [1.82, 2.24) is 0 Å². The Kier molecular flexibility index (Phi) is 10.3. The second kappa shape index (κ2) is 12.6. The topological polar surface area (TPSA) is 71.1 Å². The summed E-state index contributed by atoms with van der Waals surface area (Å²) in [7, 11) is 0. The normalized spacial score (nSPS) is 36.4. The Bertz CT molecular complexity index is 727. The summed E-state index contributed by atoms with van der Waals surface area (Å²) in [4.78, 5) is 27.3. The van der Waals surface area contributed by atoms with Gasteiger partial charge in [0, 0.05) is 19.6 Å². The van der Waals surface area contributed by atoms with Crippen LogP contribution < -0.4 is 0 Å². The van der Waals surface area contributed by atoms with Gasteiger partial charge >= 0.3 is 11.9 Å². The molecular weight excluding hydrogens is 456 g/mol. The Morgan fingerprint density at radius 2 is 1.19 bits per heavy atom. The fourth-order valence-corrected chi connectivity index (χ4v) is 7.05. The van der Waals surface area contributed by atoms with Crippen molar-refractivity contribution < 1.29 is 28.5 Å². The molecule has 0 heterocycles. The van der Waals surface area contributed by atoms with Gasteiger partial charge in [-0.15, -0.1) is 0 Å². The van der Waals surface area contributed by atoms with E-state index in [9.17, 15) is 9.59 Å². The molecule has 0 bridgehead atoms. The summed E-state index contributed by atoms with van der Waals surface area (Å²) in [5.41, 5.74) is 0. The maximum absolute atomic E-state index is 13.8. The van der Waals surface area contributed by atoms with Crippen LogP contribution in [0, 0.1) is 47.3 Å². The average molecular weight is 509 g/mol. The van der Waals surface area contributed by atoms with E-state index in [-0.39, 0.29) is 24.1 Å². The van der Waals surface area contributed by atoms with Gasteiger partial charge in [0.1, 0.15) is 18.1 Å². The molecule has 208 valence electrons. The Hall–Kier alpha value is -1.14. The fraction of sp³-hybridized carbons (Fsp3) is 0.933. The van der Waals surface area contributed by atoms with Crippen molar-refractivity contribution in [2.24, 2.45) is 47.3 Å². The molecule has 0 saturated heterocycles. The van der Waals surface area contributed by atoms with E-state index in [2.05, 4.69) is 41.5 Å². The van der Waals surface area contributed by atoms with E-state index in [4.69, 9.17) is 18.9 Å². The number of rotatable bonds is 10. The zero-order chi connectivity index (χ0) is 26.6. The molecule has 0 aromatic rings. The molecule has 3 fully saturated rings. The van der Waals surface area contributed by atoms with Crippen molar-refractivity contribution in [1.29, 1.82) is 0 Å². The molecule has 36 heavy (non-hydrogen) atoms. The lowest BCUT2D eigenvalue weighted by molar-refractivity contribution is -0.324. The number of carbonyl (C=O) groups is 2. The Morgan fingerprint density at radius 3 is 1.61 bits per heavy atom. The number of ether oxygens (including phenoxy) is 4. The lowest BCUT2D eigenvalue weighted by Gasteiger charge is -2.51. The molecule has 3 aliphatic carbocycles. The van der Waals surface area contributed by atoms with E-state index in [0.717, 1.165) is 32.1 Å². The van der Waals surface area contributed by atoms with Crippen molar-refractivity contribution in [2.75, 3.05) is 13.2 Å². The number of hydrogen-bond acceptors (Lipinski definition) is 6. The molecule has 0 amide bonds. The Balaban J connectivity index is 1.79. The molecule has 0 aliphatic heterocycles. The van der Waals surface area contributed by atoms with Crippen molar-refractivity contribution in [3.63, 3.8) is 0 Å². The monoisotopic (exact) mass is 508 g/mol. The second-order valence-corrected chi connectivity index (χ2v) is 12.6. The Labute approximate surface area is 219 Å². The molecule has 3 saturated carbocycles. The van der Waals surface area contributed by atoms with Gasteiger partial charge in [-0.05, 0) is 75.0 Å². The van der Waals surface area contributed by atoms with Crippen LogP contribution in [-0.2, 0) is 28.5 Å². The lowest BCUT2D eigenvalue weighted by Crippen LogP contribution is -2.64. The van der Waals surface area contributed by atoms with Crippen LogP contribution in [0.2, 0.25) is 0 Å². The molecule has 3 aliphatic rings. The first-order valence-electron chi connectivity index (χ1n) is 14.7. The molecule has 0 radical (unpaired) electrons. The van der Waals surface area contributed by atoms with E-state index >= 15 is 0 Å². The maximum atomic E-state index is 13.8. The van der Waals surface area contributed by atoms with Crippen molar-refractivity contribution in [3.8, 4) is 0 Å². The highest BCUT2D eigenvalue weighted by Gasteiger charge is 2.64. The van der Waals surface area contributed by atoms with Gasteiger partial charge in [-0.3, -0.25) is 9.59 Å². The molecule has 0 N–H and O–H groups in total. The number of esters is 2. The van der Waals surface area contributed by atoms with Crippen LogP contribution in [-0.4, -0.2) is 43.1 Å². The quantitative estimate of drug-likeness (QED) is 0.251. The average Bonchev–Trinajstić information content (AvgIpc) is 2.77. The molecule has 0 aromatic heterocycles. The first-order chi connectivity index (χ1) is 17.0. The minimum Gasteiger partial charge on any atom is -0.462 e. The lowest BCUT2D eigenvalue weighted by atomic mass is 9.67. The largest absolute Gasteiger partial charge is 0.462 e. The zero-order valence-electron chi connectivity index (χ0n) is 24.1. The van der Waals surface area contributed by atoms with Gasteiger partial charge in [0.25, 0.3) is 0 Å². The third-order valence-electron chi connectivity index (χ3n) is 9.17. The van der Waals surface area contributed by atoms with Crippen molar-refractivity contribution in [2.45, 2.75) is 118 Å². The predicted octanol–water partition coefficient (Wildman–Crippen LogP) is 6.40. The molecule has 6 unspecified atom stereocenters. The first-order valence-corrected chi connectivity index (χ1v) is 14.7. The van der Waals surface area contributed by atoms with Crippen molar-refractivity contribution >= 4 is 11.9 Å². The van der Waals surface area contributed by atoms with Crippen molar-refractivity contribution in [3.05, 3.63) is 0 Å². The number of carbonyl (C=O) groups excluding carboxylic acids is 2. The van der Waals surface area contributed by atoms with E-state index in [1.165, 1.54) is 6.42 Å². The minimum atomic E-state index is -1.12. The summed E-state index contributed by atoms with van der Waals surface area (Å²) >= 11 is 0. The highest BCUT2D eigenvalue weighted by Crippen LogP contribution is 2.50. The van der Waals surface area contributed by atoms with Crippen LogP contribution in [0.1, 0.15) is 100 Å². The third-order valence-corrected chi connectivity index (χ3v) is 9.17. The summed E-state index contributed by atoms with van der Waals surface area (Å²) in [5, 5.41) is 0.